The maximum atomic E-state index is 11.8. The van der Waals surface area contributed by atoms with Crippen molar-refractivity contribution in [3.05, 3.63) is 11.1 Å². The first-order chi connectivity index (χ1) is 5.26. The molecule has 1 rings (SSSR count). The first-order valence-corrected chi connectivity index (χ1v) is 4.54. The molecule has 1 aliphatic heterocycles. The summed E-state index contributed by atoms with van der Waals surface area (Å²) in [4.78, 5) is 0. The van der Waals surface area contributed by atoms with Crippen molar-refractivity contribution in [3.8, 4) is 0 Å². The molecule has 2 nitrogen and oxygen atoms in total. The van der Waals surface area contributed by atoms with E-state index in [9.17, 15) is 5.21 Å². The number of hydrogen-bond donors (Lipinski definition) is 0. The van der Waals surface area contributed by atoms with Crippen molar-refractivity contribution >= 4 is 0 Å². The monoisotopic (exact) mass is 258 g/mol. The second-order valence-corrected chi connectivity index (χ2v) is 5.23. The van der Waals surface area contributed by atoms with E-state index in [-0.39, 0.29) is 43.8 Å². The second kappa shape index (κ2) is 4.26. The molecule has 0 amide bonds. The van der Waals surface area contributed by atoms with Gasteiger partial charge in [0.1, 0.15) is 0 Å². The maximum absolute atomic E-state index is 11.8. The fourth-order valence-electron chi connectivity index (χ4n) is 2.50. The van der Waals surface area contributed by atoms with Crippen molar-refractivity contribution in [2.45, 2.75) is 58.5 Å². The average Bonchev–Trinajstić information content (AvgIpc) is 1.80. The van der Waals surface area contributed by atoms with Crippen LogP contribution in [0.5, 0.6) is 0 Å². The van der Waals surface area contributed by atoms with E-state index in [1.807, 2.05) is 27.7 Å². The van der Waals surface area contributed by atoms with Crippen molar-refractivity contribution in [1.82, 2.24) is 5.06 Å². The van der Waals surface area contributed by atoms with Gasteiger partial charge in [-0.05, 0) is 11.1 Å². The van der Waals surface area contributed by atoms with Crippen molar-refractivity contribution in [1.29, 1.82) is 0 Å². The summed E-state index contributed by atoms with van der Waals surface area (Å²) in [6, 6.07) is 0. The first kappa shape index (κ1) is 14.0. The molecule has 0 unspecified atom stereocenters. The van der Waals surface area contributed by atoms with Crippen LogP contribution in [0.25, 0.3) is 0 Å². The molecule has 0 saturated carbocycles. The van der Waals surface area contributed by atoms with Crippen molar-refractivity contribution in [2.24, 2.45) is 0 Å². The Morgan fingerprint density at radius 3 is 1.69 bits per heavy atom. The Morgan fingerprint density at radius 2 is 1.38 bits per heavy atom. The van der Waals surface area contributed by atoms with Gasteiger partial charge in [-0.15, -0.1) is 0 Å². The van der Waals surface area contributed by atoms with E-state index in [0.29, 0.717) is 0 Å². The molecule has 1 radical (unpaired) electrons. The summed E-state index contributed by atoms with van der Waals surface area (Å²) in [5, 5.41) is 13.1. The van der Waals surface area contributed by atoms with Crippen molar-refractivity contribution < 1.29 is 32.7 Å². The molecule has 1 fully saturated rings. The average molecular weight is 258 g/mol. The van der Waals surface area contributed by atoms with Gasteiger partial charge in [0.2, 0.25) is 0 Å². The molecule has 0 atom stereocenters. The van der Waals surface area contributed by atoms with Crippen LogP contribution in [0.2, 0.25) is 0 Å². The zero-order valence-electron chi connectivity index (χ0n) is 9.35. The van der Waals surface area contributed by atoms with E-state index in [1.54, 1.807) is 0 Å². The van der Waals surface area contributed by atoms with E-state index >= 15 is 0 Å². The quantitative estimate of drug-likeness (QED) is 0.624. The molecule has 0 aromatic rings. The predicted octanol–water partition coefficient (Wildman–Crippen LogP) is 2.73. The zero-order valence-corrected chi connectivity index (χ0v) is 12.2. The van der Waals surface area contributed by atoms with Crippen LogP contribution in [0.4, 0.5) is 0 Å². The number of nitrogens with zero attached hydrogens (tertiary/aromatic N) is 1. The standard InChI is InChI=1S/C10H19NO.Y/c1-8-6-9(2,3)11(12)10(4,5)7-8;/h6-7H2,1-5H3;/q-2;. The summed E-state index contributed by atoms with van der Waals surface area (Å²) in [6.45, 7) is 10.2. The van der Waals surface area contributed by atoms with Gasteiger partial charge in [-0.2, -0.15) is 19.8 Å². The van der Waals surface area contributed by atoms with Crippen molar-refractivity contribution in [2.75, 3.05) is 0 Å². The molecule has 0 aliphatic carbocycles. The van der Waals surface area contributed by atoms with Gasteiger partial charge in [0, 0.05) is 32.7 Å². The molecule has 0 aromatic carbocycles. The minimum absolute atomic E-state index is 0. The summed E-state index contributed by atoms with van der Waals surface area (Å²) >= 11 is 0. The Hall–Kier alpha value is 1.02. The minimum Gasteiger partial charge on any atom is -0.785 e. The van der Waals surface area contributed by atoms with Gasteiger partial charge in [-0.3, -0.25) is 0 Å². The Balaban J connectivity index is 0.00000144. The number of piperidine rings is 1. The third-order valence-corrected chi connectivity index (χ3v) is 2.57. The number of hydroxylamine groups is 2. The summed E-state index contributed by atoms with van der Waals surface area (Å²) < 4.78 is 0. The molecule has 0 N–H and O–H groups in total. The van der Waals surface area contributed by atoms with Crippen LogP contribution < -0.4 is 0 Å². The minimum atomic E-state index is -0.216. The maximum Gasteiger partial charge on any atom is 0 e. The van der Waals surface area contributed by atoms with Crippen LogP contribution in [0.15, 0.2) is 0 Å². The van der Waals surface area contributed by atoms with Crippen LogP contribution >= 0.6 is 0 Å². The fraction of sp³-hybridized carbons (Fsp3) is 0.900. The summed E-state index contributed by atoms with van der Waals surface area (Å²) in [5.74, 6) is 1.44. The second-order valence-electron chi connectivity index (χ2n) is 5.23. The third kappa shape index (κ3) is 2.99. The van der Waals surface area contributed by atoms with Gasteiger partial charge in [-0.25, -0.2) is 0 Å². The van der Waals surface area contributed by atoms with E-state index in [1.165, 1.54) is 11.0 Å². The molecule has 75 valence electrons. The van der Waals surface area contributed by atoms with Gasteiger partial charge in [0.15, 0.2) is 0 Å². The van der Waals surface area contributed by atoms with E-state index in [2.05, 4.69) is 6.92 Å². The Labute approximate surface area is 107 Å². The smallest absolute Gasteiger partial charge is 0 e. The van der Waals surface area contributed by atoms with Gasteiger partial charge in [0.05, 0.1) is 0 Å². The van der Waals surface area contributed by atoms with Gasteiger partial charge in [-0.1, -0.05) is 27.7 Å². The Kier molecular flexibility index (Phi) is 4.60. The molecular weight excluding hydrogens is 239 g/mol. The van der Waals surface area contributed by atoms with Crippen LogP contribution in [-0.4, -0.2) is 16.1 Å². The van der Waals surface area contributed by atoms with Gasteiger partial charge in [0.25, 0.3) is 0 Å². The summed E-state index contributed by atoms with van der Waals surface area (Å²) in [6.07, 6.45) is 1.86. The molecule has 1 aliphatic rings. The Morgan fingerprint density at radius 1 is 1.08 bits per heavy atom. The molecule has 0 spiro atoms. The molecule has 3 heteroatoms. The molecule has 0 bridgehead atoms. The van der Waals surface area contributed by atoms with Crippen LogP contribution in [0.3, 0.4) is 0 Å². The Bertz CT molecular complexity index is 162. The van der Waals surface area contributed by atoms with Gasteiger partial charge < -0.3 is 16.2 Å². The molecule has 1 saturated heterocycles. The van der Waals surface area contributed by atoms with E-state index in [4.69, 9.17) is 0 Å². The molecular formula is C10H19NOY-2. The van der Waals surface area contributed by atoms with Crippen molar-refractivity contribution in [3.63, 3.8) is 0 Å². The number of hydrogen-bond acceptors (Lipinski definition) is 2. The van der Waals surface area contributed by atoms with Crippen LogP contribution in [0.1, 0.15) is 47.5 Å². The molecule has 13 heavy (non-hydrogen) atoms. The largest absolute Gasteiger partial charge is 0.785 e. The zero-order chi connectivity index (χ0) is 9.57. The first-order valence-electron chi connectivity index (χ1n) is 4.54. The van der Waals surface area contributed by atoms with Crippen LogP contribution in [0, 0.1) is 11.1 Å². The molecule has 0 aromatic heterocycles. The number of rotatable bonds is 0. The van der Waals surface area contributed by atoms with E-state index in [0.717, 1.165) is 12.8 Å². The predicted molar refractivity (Wildman–Crippen MR) is 51.5 cm³/mol. The topological polar surface area (TPSA) is 26.3 Å². The summed E-state index contributed by atoms with van der Waals surface area (Å²) in [5.41, 5.74) is -0.433. The van der Waals surface area contributed by atoms with E-state index < -0.39 is 0 Å². The third-order valence-electron chi connectivity index (χ3n) is 2.57. The SMILES string of the molecule is C[C-]1CC(C)(C)N([O-])C(C)(C)C1.[Y]. The molecule has 1 heterocycles. The normalized spacial score (nSPS) is 28.2. The fourth-order valence-corrected chi connectivity index (χ4v) is 2.50. The van der Waals surface area contributed by atoms with Crippen LogP contribution in [-0.2, 0) is 32.7 Å². The summed E-state index contributed by atoms with van der Waals surface area (Å²) in [7, 11) is 0. The van der Waals surface area contributed by atoms with Gasteiger partial charge >= 0.3 is 0 Å².